The van der Waals surface area contributed by atoms with Gasteiger partial charge in [0.1, 0.15) is 66.7 Å². The van der Waals surface area contributed by atoms with Crippen molar-refractivity contribution in [1.82, 2.24) is 15.0 Å². The molecule has 0 radical (unpaired) electrons. The van der Waals surface area contributed by atoms with Gasteiger partial charge in [0.05, 0.1) is 49.9 Å². The molecular formula is C48H67N3O19. The average molecular weight is 990 g/mol. The first-order valence-corrected chi connectivity index (χ1v) is 23.9. The van der Waals surface area contributed by atoms with Crippen LogP contribution < -0.4 is 0 Å². The van der Waals surface area contributed by atoms with E-state index in [1.165, 1.54) is 23.7 Å². The molecule has 0 amide bonds. The lowest BCUT2D eigenvalue weighted by atomic mass is 9.76. The molecule has 388 valence electrons. The Labute approximate surface area is 404 Å². The van der Waals surface area contributed by atoms with Crippen molar-refractivity contribution < 1.29 is 93.4 Å². The van der Waals surface area contributed by atoms with Crippen LogP contribution in [0.2, 0.25) is 0 Å². The number of carbonyl (C=O) groups is 2. The minimum absolute atomic E-state index is 0.0145. The van der Waals surface area contributed by atoms with Crippen LogP contribution in [0.4, 0.5) is 0 Å². The Hall–Kier alpha value is -4.08. The highest BCUT2D eigenvalue weighted by Crippen LogP contribution is 2.41. The second kappa shape index (κ2) is 24.1. The normalized spacial score (nSPS) is 37.4. The molecule has 4 fully saturated rings. The molecule has 0 bridgehead atoms. The third-order valence-electron chi connectivity index (χ3n) is 13.6. The van der Waals surface area contributed by atoms with Gasteiger partial charge >= 0.3 is 11.9 Å². The molecule has 70 heavy (non-hydrogen) atoms. The summed E-state index contributed by atoms with van der Waals surface area (Å²) >= 11 is 0. The molecule has 2 aromatic carbocycles. The predicted molar refractivity (Wildman–Crippen MR) is 240 cm³/mol. The maximum atomic E-state index is 13.8. The van der Waals surface area contributed by atoms with Crippen molar-refractivity contribution in [2.45, 2.75) is 170 Å². The van der Waals surface area contributed by atoms with Crippen LogP contribution in [0.5, 0.6) is 0 Å². The summed E-state index contributed by atoms with van der Waals surface area (Å²) in [6, 6.07) is 14.2. The molecule has 1 aromatic heterocycles. The van der Waals surface area contributed by atoms with Crippen LogP contribution in [-0.4, -0.2) is 197 Å². The first-order chi connectivity index (χ1) is 33.6. The number of benzene rings is 2. The van der Waals surface area contributed by atoms with Crippen LogP contribution in [-0.2, 0) is 42.7 Å². The molecule has 0 spiro atoms. The van der Waals surface area contributed by atoms with Crippen molar-refractivity contribution in [3.05, 3.63) is 71.9 Å². The molecular weight excluding hydrogens is 923 g/mol. The first-order valence-electron chi connectivity index (χ1n) is 23.9. The fourth-order valence-electron chi connectivity index (χ4n) is 9.75. The number of hydrogen-bond acceptors (Lipinski definition) is 20. The molecule has 20 atom stereocenters. The number of esters is 1. The van der Waals surface area contributed by atoms with Gasteiger partial charge in [-0.05, 0) is 63.1 Å². The average Bonchev–Trinajstić information content (AvgIpc) is 3.84. The number of nitrogens with zero attached hydrogens (tertiary/aromatic N) is 3. The second-order valence-corrected chi connectivity index (χ2v) is 18.6. The van der Waals surface area contributed by atoms with Gasteiger partial charge in [-0.15, -0.1) is 5.10 Å². The van der Waals surface area contributed by atoms with E-state index in [9.17, 15) is 55.5 Å². The van der Waals surface area contributed by atoms with Gasteiger partial charge in [-0.25, -0.2) is 14.3 Å². The van der Waals surface area contributed by atoms with E-state index in [-0.39, 0.29) is 25.0 Å². The van der Waals surface area contributed by atoms with E-state index in [0.29, 0.717) is 25.0 Å². The number of carboxylic acids is 1. The monoisotopic (exact) mass is 989 g/mol. The number of aliphatic hydroxyl groups excluding tert-OH is 8. The van der Waals surface area contributed by atoms with E-state index in [4.69, 9.17) is 37.9 Å². The summed E-state index contributed by atoms with van der Waals surface area (Å²) in [7, 11) is 0. The Balaban J connectivity index is 1.19. The lowest BCUT2D eigenvalue weighted by molar-refractivity contribution is -0.351. The molecule has 3 saturated heterocycles. The fraction of sp³-hybridized carbons (Fsp3) is 0.667. The maximum absolute atomic E-state index is 13.8. The highest BCUT2D eigenvalue weighted by molar-refractivity contribution is 5.89. The number of carbonyl (C=O) groups excluding carboxylic acids is 1. The van der Waals surface area contributed by atoms with Gasteiger partial charge in [0.2, 0.25) is 0 Å². The number of hydrogen-bond donors (Lipinski definition) is 9. The van der Waals surface area contributed by atoms with Gasteiger partial charge in [0.15, 0.2) is 31.1 Å². The van der Waals surface area contributed by atoms with Crippen LogP contribution in [0.3, 0.4) is 0 Å². The van der Waals surface area contributed by atoms with Gasteiger partial charge in [-0.2, -0.15) is 0 Å². The minimum atomic E-state index is -1.72. The fourth-order valence-corrected chi connectivity index (χ4v) is 9.75. The molecule has 1 saturated carbocycles. The third kappa shape index (κ3) is 12.0. The third-order valence-corrected chi connectivity index (χ3v) is 13.6. The Bertz CT molecular complexity index is 2140. The summed E-state index contributed by atoms with van der Waals surface area (Å²) in [4.78, 5) is 26.2. The number of carboxylic acid groups (broad SMARTS) is 1. The van der Waals surface area contributed by atoms with Gasteiger partial charge in [0, 0.05) is 5.56 Å². The van der Waals surface area contributed by atoms with E-state index < -0.39 is 147 Å². The largest absolute Gasteiger partial charge is 0.479 e. The molecule has 4 heterocycles. The van der Waals surface area contributed by atoms with Gasteiger partial charge in [-0.3, -0.25) is 0 Å². The number of aromatic nitrogens is 3. The molecule has 22 heteroatoms. The summed E-state index contributed by atoms with van der Waals surface area (Å²) in [6.45, 7) is 5.51. The Morgan fingerprint density at radius 3 is 2.17 bits per heavy atom. The number of aryl methyl sites for hydroxylation is 1. The molecule has 3 aliphatic heterocycles. The van der Waals surface area contributed by atoms with Crippen LogP contribution >= 0.6 is 0 Å². The summed E-state index contributed by atoms with van der Waals surface area (Å²) in [5.74, 6) is -3.14. The first kappa shape index (κ1) is 53.7. The van der Waals surface area contributed by atoms with Crippen molar-refractivity contribution in [3.63, 3.8) is 0 Å². The Kier molecular flexibility index (Phi) is 18.5. The smallest absolute Gasteiger partial charge is 0.338 e. The van der Waals surface area contributed by atoms with Crippen molar-refractivity contribution in [2.24, 2.45) is 11.8 Å². The molecule has 22 nitrogen and oxygen atoms in total. The van der Waals surface area contributed by atoms with Crippen molar-refractivity contribution >= 4 is 11.9 Å². The van der Waals surface area contributed by atoms with Crippen LogP contribution in [0.25, 0.3) is 11.3 Å². The van der Waals surface area contributed by atoms with Gasteiger partial charge < -0.3 is 83.9 Å². The summed E-state index contributed by atoms with van der Waals surface area (Å²) in [6.07, 6.45) is -21.7. The number of aliphatic carboxylic acids is 1. The molecule has 1 aliphatic carbocycles. The highest BCUT2D eigenvalue weighted by atomic mass is 16.7. The molecule has 9 N–H and O–H groups in total. The standard InChI is InChI=1S/C48H67N3O19/c1-5-11-30(44(60)61)65-42-37(56)33(21-53)68-48(43(42)69-45(62)27-13-8-7-9-14-27)66-31-18-25(17-26(6-2)41(31)70-47-40(59)39(58)35(54)24(4)64-47)22-63-46-38(57)34(36(55)32(20-52)67-46)51-19-29(49-50-51)28-15-10-12-23(3)16-28/h7-10,12-16,19,24-26,30-43,46-48,52-59H,5-6,11,17-18,20-22H2,1-4H3,(H,60,61)/t24?,25?,26?,30-,31+,32?,33-,34?,35+,36+,37-,38?,39-,40?,41+,42?,43?,46-,47-,48+/m0/s1. The van der Waals surface area contributed by atoms with Crippen LogP contribution in [0.1, 0.15) is 74.8 Å². The zero-order valence-electron chi connectivity index (χ0n) is 39.4. The quantitative estimate of drug-likeness (QED) is 0.0726. The van der Waals surface area contributed by atoms with E-state index in [1.54, 1.807) is 31.3 Å². The second-order valence-electron chi connectivity index (χ2n) is 18.6. The zero-order valence-corrected chi connectivity index (χ0v) is 39.4. The van der Waals surface area contributed by atoms with E-state index in [0.717, 1.165) is 11.1 Å². The molecule has 7 rings (SSSR count). The van der Waals surface area contributed by atoms with E-state index in [1.807, 2.05) is 38.1 Å². The highest BCUT2D eigenvalue weighted by Gasteiger charge is 2.54. The van der Waals surface area contributed by atoms with Crippen molar-refractivity contribution in [3.8, 4) is 11.3 Å². The topological polar surface area (TPSA) is 321 Å². The maximum Gasteiger partial charge on any atom is 0.338 e. The van der Waals surface area contributed by atoms with Gasteiger partial charge in [-0.1, -0.05) is 73.9 Å². The van der Waals surface area contributed by atoms with E-state index in [2.05, 4.69) is 10.3 Å². The Morgan fingerprint density at radius 1 is 0.786 bits per heavy atom. The molecule has 9 unspecified atom stereocenters. The van der Waals surface area contributed by atoms with E-state index >= 15 is 0 Å². The molecule has 3 aromatic rings. The SMILES string of the molecule is CCC[C@H](OC1C(OC(=O)c2ccccc2)[C@H](O[C@@H]2CC(CO[C@H]3OC(CO)[C@@H](O)C(n4cc(-c5cccc(C)c5)nn4)C3O)CC(CC)[C@H]2O[C@@H]2OC(C)[C@@H](O)[C@H](O)C2O)O[C@@H](CO)[C@@H]1O)C(=O)O. The molecule has 4 aliphatic rings. The van der Waals surface area contributed by atoms with Crippen molar-refractivity contribution in [2.75, 3.05) is 19.8 Å². The zero-order chi connectivity index (χ0) is 50.4. The predicted octanol–water partition coefficient (Wildman–Crippen LogP) is 0.227. The van der Waals surface area contributed by atoms with Crippen LogP contribution in [0.15, 0.2) is 60.8 Å². The number of rotatable bonds is 19. The Morgan fingerprint density at radius 2 is 1.50 bits per heavy atom. The minimum Gasteiger partial charge on any atom is -0.479 e. The van der Waals surface area contributed by atoms with Gasteiger partial charge in [0.25, 0.3) is 0 Å². The number of aliphatic hydroxyl groups is 8. The lowest BCUT2D eigenvalue weighted by Gasteiger charge is -2.49. The summed E-state index contributed by atoms with van der Waals surface area (Å²) < 4.78 is 50.9. The lowest BCUT2D eigenvalue weighted by Crippen LogP contribution is -2.64. The summed E-state index contributed by atoms with van der Waals surface area (Å²) in [5, 5.41) is 106. The number of ether oxygens (including phenoxy) is 8. The van der Waals surface area contributed by atoms with Crippen LogP contribution in [0, 0.1) is 18.8 Å². The summed E-state index contributed by atoms with van der Waals surface area (Å²) in [5.41, 5.74) is 2.33. The van der Waals surface area contributed by atoms with Crippen molar-refractivity contribution in [1.29, 1.82) is 0 Å².